The third-order valence-corrected chi connectivity index (χ3v) is 2.05. The second-order valence-corrected chi connectivity index (χ2v) is 3.19. The van der Waals surface area contributed by atoms with Gasteiger partial charge in [0.25, 0.3) is 0 Å². The van der Waals surface area contributed by atoms with E-state index < -0.39 is 0 Å². The van der Waals surface area contributed by atoms with Crippen LogP contribution in [0.2, 0.25) is 5.02 Å². The molecule has 0 amide bonds. The van der Waals surface area contributed by atoms with E-state index in [0.29, 0.717) is 16.3 Å². The molecule has 14 heavy (non-hydrogen) atoms. The third-order valence-electron chi connectivity index (χ3n) is 1.82. The van der Waals surface area contributed by atoms with E-state index >= 15 is 0 Å². The highest BCUT2D eigenvalue weighted by Crippen LogP contribution is 2.29. The Morgan fingerprint density at radius 3 is 2.79 bits per heavy atom. The number of phenolic OH excluding ortho intramolecular Hbond substituents is 1. The Kier molecular flexibility index (Phi) is 2.33. The van der Waals surface area contributed by atoms with Gasteiger partial charge in [0.15, 0.2) is 0 Å². The quantitative estimate of drug-likeness (QED) is 0.780. The number of aromatic nitrogens is 2. The fraction of sp³-hybridized carbons (Fsp3) is 0. The van der Waals surface area contributed by atoms with Crippen molar-refractivity contribution >= 4 is 11.6 Å². The van der Waals surface area contributed by atoms with Crippen molar-refractivity contribution in [3.05, 3.63) is 41.8 Å². The van der Waals surface area contributed by atoms with Gasteiger partial charge >= 0.3 is 0 Å². The molecule has 1 aromatic carbocycles. The van der Waals surface area contributed by atoms with E-state index in [1.807, 2.05) is 0 Å². The zero-order valence-corrected chi connectivity index (χ0v) is 7.94. The Morgan fingerprint density at radius 1 is 1.21 bits per heavy atom. The summed E-state index contributed by atoms with van der Waals surface area (Å²) in [4.78, 5) is 7.82. The highest BCUT2D eigenvalue weighted by Gasteiger charge is 2.05. The van der Waals surface area contributed by atoms with Gasteiger partial charge in [-0.15, -0.1) is 0 Å². The summed E-state index contributed by atoms with van der Waals surface area (Å²) >= 11 is 5.81. The van der Waals surface area contributed by atoms with Crippen molar-refractivity contribution in [2.75, 3.05) is 0 Å². The SMILES string of the molecule is Oc1ccc(Cl)cc1-c1ccncn1. The average Bonchev–Trinajstić information content (AvgIpc) is 2.23. The highest BCUT2D eigenvalue weighted by atomic mass is 35.5. The third kappa shape index (κ3) is 1.67. The van der Waals surface area contributed by atoms with Crippen molar-refractivity contribution in [3.63, 3.8) is 0 Å². The number of hydrogen-bond donors (Lipinski definition) is 1. The molecule has 0 bridgehead atoms. The maximum atomic E-state index is 9.57. The van der Waals surface area contributed by atoms with Gasteiger partial charge in [0.1, 0.15) is 12.1 Å². The Hall–Kier alpha value is -1.61. The first-order valence-corrected chi connectivity index (χ1v) is 4.40. The molecular formula is C10H7ClN2O. The summed E-state index contributed by atoms with van der Waals surface area (Å²) in [5, 5.41) is 10.1. The normalized spacial score (nSPS) is 10.1. The number of rotatable bonds is 1. The van der Waals surface area contributed by atoms with Crippen LogP contribution in [0.4, 0.5) is 0 Å². The second-order valence-electron chi connectivity index (χ2n) is 2.76. The lowest BCUT2D eigenvalue weighted by molar-refractivity contribution is 0.477. The molecule has 4 heteroatoms. The van der Waals surface area contributed by atoms with Crippen LogP contribution in [0.5, 0.6) is 5.75 Å². The molecule has 0 saturated heterocycles. The van der Waals surface area contributed by atoms with E-state index in [4.69, 9.17) is 11.6 Å². The molecule has 1 heterocycles. The summed E-state index contributed by atoms with van der Waals surface area (Å²) in [7, 11) is 0. The van der Waals surface area contributed by atoms with Gasteiger partial charge in [0, 0.05) is 16.8 Å². The number of nitrogens with zero attached hydrogens (tertiary/aromatic N) is 2. The molecule has 1 aromatic heterocycles. The van der Waals surface area contributed by atoms with Crippen LogP contribution in [0.3, 0.4) is 0 Å². The Morgan fingerprint density at radius 2 is 2.07 bits per heavy atom. The van der Waals surface area contributed by atoms with Gasteiger partial charge in [-0.2, -0.15) is 0 Å². The van der Waals surface area contributed by atoms with Crippen LogP contribution in [-0.4, -0.2) is 15.1 Å². The molecule has 3 nitrogen and oxygen atoms in total. The number of phenols is 1. The Balaban J connectivity index is 2.57. The number of hydrogen-bond acceptors (Lipinski definition) is 3. The summed E-state index contributed by atoms with van der Waals surface area (Å²) in [6, 6.07) is 6.55. The first-order chi connectivity index (χ1) is 6.77. The van der Waals surface area contributed by atoms with Gasteiger partial charge < -0.3 is 5.11 Å². The smallest absolute Gasteiger partial charge is 0.125 e. The van der Waals surface area contributed by atoms with E-state index in [1.165, 1.54) is 6.33 Å². The molecular weight excluding hydrogens is 200 g/mol. The molecule has 2 aromatic rings. The molecule has 1 N–H and O–H groups in total. The zero-order valence-electron chi connectivity index (χ0n) is 7.18. The van der Waals surface area contributed by atoms with Crippen LogP contribution in [0.1, 0.15) is 0 Å². The van der Waals surface area contributed by atoms with E-state index in [2.05, 4.69) is 9.97 Å². The van der Waals surface area contributed by atoms with Crippen molar-refractivity contribution in [1.29, 1.82) is 0 Å². The second kappa shape index (κ2) is 3.64. The lowest BCUT2D eigenvalue weighted by atomic mass is 10.1. The fourth-order valence-electron chi connectivity index (χ4n) is 1.16. The number of benzene rings is 1. The summed E-state index contributed by atoms with van der Waals surface area (Å²) in [5.74, 6) is 0.160. The van der Waals surface area contributed by atoms with Crippen LogP contribution in [0, 0.1) is 0 Å². The Bertz CT molecular complexity index is 445. The predicted octanol–water partition coefficient (Wildman–Crippen LogP) is 2.50. The summed E-state index contributed by atoms with van der Waals surface area (Å²) in [6.45, 7) is 0. The van der Waals surface area contributed by atoms with Crippen molar-refractivity contribution in [3.8, 4) is 17.0 Å². The maximum Gasteiger partial charge on any atom is 0.125 e. The van der Waals surface area contributed by atoms with Crippen molar-refractivity contribution in [2.24, 2.45) is 0 Å². The van der Waals surface area contributed by atoms with Gasteiger partial charge in [0.05, 0.1) is 5.69 Å². The minimum atomic E-state index is 0.160. The average molecular weight is 207 g/mol. The lowest BCUT2D eigenvalue weighted by Crippen LogP contribution is -1.84. The van der Waals surface area contributed by atoms with E-state index in [1.54, 1.807) is 30.5 Å². The van der Waals surface area contributed by atoms with Gasteiger partial charge in [-0.25, -0.2) is 9.97 Å². The van der Waals surface area contributed by atoms with Gasteiger partial charge in [0.2, 0.25) is 0 Å². The molecule has 0 spiro atoms. The molecule has 0 atom stereocenters. The first kappa shape index (κ1) is 8.97. The Labute approximate surface area is 86.0 Å². The minimum Gasteiger partial charge on any atom is -0.507 e. The van der Waals surface area contributed by atoms with E-state index in [0.717, 1.165) is 0 Å². The topological polar surface area (TPSA) is 46.0 Å². The summed E-state index contributed by atoms with van der Waals surface area (Å²) in [6.07, 6.45) is 3.04. The predicted molar refractivity (Wildman–Crippen MR) is 54.1 cm³/mol. The van der Waals surface area contributed by atoms with Gasteiger partial charge in [-0.1, -0.05) is 11.6 Å². The van der Waals surface area contributed by atoms with Crippen LogP contribution in [0.25, 0.3) is 11.3 Å². The molecule has 0 aliphatic heterocycles. The monoisotopic (exact) mass is 206 g/mol. The van der Waals surface area contributed by atoms with Crippen LogP contribution in [0.15, 0.2) is 36.8 Å². The van der Waals surface area contributed by atoms with Crippen molar-refractivity contribution in [1.82, 2.24) is 9.97 Å². The van der Waals surface area contributed by atoms with Crippen LogP contribution >= 0.6 is 11.6 Å². The lowest BCUT2D eigenvalue weighted by Gasteiger charge is -2.03. The van der Waals surface area contributed by atoms with Crippen LogP contribution in [-0.2, 0) is 0 Å². The molecule has 70 valence electrons. The molecule has 0 fully saturated rings. The van der Waals surface area contributed by atoms with Crippen molar-refractivity contribution in [2.45, 2.75) is 0 Å². The molecule has 2 rings (SSSR count). The van der Waals surface area contributed by atoms with Gasteiger partial charge in [-0.3, -0.25) is 0 Å². The van der Waals surface area contributed by atoms with E-state index in [-0.39, 0.29) is 5.75 Å². The minimum absolute atomic E-state index is 0.160. The first-order valence-electron chi connectivity index (χ1n) is 4.02. The highest BCUT2D eigenvalue weighted by molar-refractivity contribution is 6.30. The largest absolute Gasteiger partial charge is 0.507 e. The zero-order chi connectivity index (χ0) is 9.97. The molecule has 0 saturated carbocycles. The summed E-state index contributed by atoms with van der Waals surface area (Å²) in [5.41, 5.74) is 1.26. The van der Waals surface area contributed by atoms with E-state index in [9.17, 15) is 5.11 Å². The summed E-state index contributed by atoms with van der Waals surface area (Å²) < 4.78 is 0. The molecule has 0 unspecified atom stereocenters. The van der Waals surface area contributed by atoms with Crippen LogP contribution < -0.4 is 0 Å². The molecule has 0 radical (unpaired) electrons. The molecule has 0 aliphatic rings. The number of aromatic hydroxyl groups is 1. The number of halogens is 1. The van der Waals surface area contributed by atoms with Crippen molar-refractivity contribution < 1.29 is 5.11 Å². The molecule has 0 aliphatic carbocycles. The standard InChI is InChI=1S/C10H7ClN2O/c11-7-1-2-10(14)8(5-7)9-3-4-12-6-13-9/h1-6,14H. The fourth-order valence-corrected chi connectivity index (χ4v) is 1.34. The van der Waals surface area contributed by atoms with Gasteiger partial charge in [-0.05, 0) is 24.3 Å². The maximum absolute atomic E-state index is 9.57.